The Hall–Kier alpha value is -0.960. The molecule has 0 fully saturated rings. The van der Waals surface area contributed by atoms with Crippen molar-refractivity contribution in [2.45, 2.75) is 39.0 Å². The minimum Gasteiger partial charge on any atom is -0.312 e. The second kappa shape index (κ2) is 9.94. The molecule has 0 saturated carbocycles. The summed E-state index contributed by atoms with van der Waals surface area (Å²) in [7, 11) is -0.603. The molecule has 1 aromatic carbocycles. The summed E-state index contributed by atoms with van der Waals surface area (Å²) in [4.78, 5) is 12.0. The van der Waals surface area contributed by atoms with Crippen molar-refractivity contribution in [1.29, 1.82) is 0 Å². The van der Waals surface area contributed by atoms with Gasteiger partial charge in [0.25, 0.3) is 0 Å². The van der Waals surface area contributed by atoms with E-state index in [-0.39, 0.29) is 17.9 Å². The first kappa shape index (κ1) is 19.1. The molecule has 0 saturated heterocycles. The van der Waals surface area contributed by atoms with Crippen LogP contribution in [0, 0.1) is 5.92 Å². The van der Waals surface area contributed by atoms with E-state index in [1.54, 1.807) is 0 Å². The molecule has 0 aliphatic rings. The number of ketones is 1. The maximum atomic E-state index is 12.0. The Balaban J connectivity index is 2.21. The predicted octanol–water partition coefficient (Wildman–Crippen LogP) is 4.48. The number of carbonyl (C=O) groups excluding carboxylic acids is 1. The van der Waals surface area contributed by atoms with Gasteiger partial charge in [0, 0.05) is 20.1 Å². The Morgan fingerprint density at radius 1 is 1.09 bits per heavy atom. The standard InChI is InChI=1S/C17H27O4P/c1-15(17(18)14-22(19,20-2)21-3)10-6-4-7-11-16-12-8-5-9-13-16/h5,8-9,12-13,15H,4,6-7,10-11,14H2,1-3H3. The average molecular weight is 326 g/mol. The SMILES string of the molecule is COP(=O)(CC(=O)C(C)CCCCCc1ccccc1)OC. The summed E-state index contributed by atoms with van der Waals surface area (Å²) < 4.78 is 21.6. The third-order valence-corrected chi connectivity index (χ3v) is 5.71. The highest BCUT2D eigenvalue weighted by molar-refractivity contribution is 7.54. The van der Waals surface area contributed by atoms with Crippen molar-refractivity contribution >= 4 is 13.4 Å². The number of Topliss-reactive ketones (excluding diaryl/α,β-unsaturated/α-hetero) is 1. The third kappa shape index (κ3) is 6.87. The van der Waals surface area contributed by atoms with E-state index in [2.05, 4.69) is 24.3 Å². The van der Waals surface area contributed by atoms with Gasteiger partial charge in [-0.05, 0) is 24.8 Å². The van der Waals surface area contributed by atoms with Gasteiger partial charge < -0.3 is 9.05 Å². The van der Waals surface area contributed by atoms with Crippen molar-refractivity contribution in [3.63, 3.8) is 0 Å². The van der Waals surface area contributed by atoms with Crippen molar-refractivity contribution in [2.24, 2.45) is 5.92 Å². The molecule has 1 atom stereocenters. The largest absolute Gasteiger partial charge is 0.337 e. The first-order valence-corrected chi connectivity index (χ1v) is 9.50. The summed E-state index contributed by atoms with van der Waals surface area (Å²) in [5.41, 5.74) is 1.35. The highest BCUT2D eigenvalue weighted by atomic mass is 31.2. The van der Waals surface area contributed by atoms with Crippen LogP contribution in [0.1, 0.15) is 38.2 Å². The lowest BCUT2D eigenvalue weighted by molar-refractivity contribution is -0.120. The molecule has 1 rings (SSSR count). The minimum absolute atomic E-state index is 0.0462. The Morgan fingerprint density at radius 2 is 1.73 bits per heavy atom. The average Bonchev–Trinajstić information content (AvgIpc) is 2.55. The number of benzene rings is 1. The van der Waals surface area contributed by atoms with Gasteiger partial charge in [0.1, 0.15) is 11.9 Å². The third-order valence-electron chi connectivity index (χ3n) is 3.90. The number of carbonyl (C=O) groups is 1. The molecule has 5 heteroatoms. The number of aryl methyl sites for hydroxylation is 1. The van der Waals surface area contributed by atoms with Crippen molar-refractivity contribution in [3.05, 3.63) is 35.9 Å². The first-order valence-electron chi connectivity index (χ1n) is 7.78. The van der Waals surface area contributed by atoms with Crippen molar-refractivity contribution in [2.75, 3.05) is 20.4 Å². The van der Waals surface area contributed by atoms with Crippen LogP contribution in [-0.2, 0) is 24.8 Å². The summed E-state index contributed by atoms with van der Waals surface area (Å²) in [6, 6.07) is 10.4. The molecular formula is C17H27O4P. The molecule has 0 amide bonds. The van der Waals surface area contributed by atoms with Gasteiger partial charge in [-0.25, -0.2) is 0 Å². The zero-order valence-electron chi connectivity index (χ0n) is 13.8. The van der Waals surface area contributed by atoms with Crippen LogP contribution < -0.4 is 0 Å². The quantitative estimate of drug-likeness (QED) is 0.444. The van der Waals surface area contributed by atoms with E-state index in [0.717, 1.165) is 32.1 Å². The normalized spacial score (nSPS) is 13.0. The summed E-state index contributed by atoms with van der Waals surface area (Å²) in [6.45, 7) is 1.88. The van der Waals surface area contributed by atoms with E-state index in [9.17, 15) is 9.36 Å². The smallest absolute Gasteiger partial charge is 0.312 e. The Labute approximate surface area is 133 Å². The zero-order chi connectivity index (χ0) is 16.4. The molecule has 0 aliphatic heterocycles. The molecule has 0 aromatic heterocycles. The summed E-state index contributed by atoms with van der Waals surface area (Å²) in [5.74, 6) is -0.148. The van der Waals surface area contributed by atoms with Crippen LogP contribution >= 0.6 is 7.60 Å². The number of hydrogen-bond acceptors (Lipinski definition) is 4. The second-order valence-electron chi connectivity index (χ2n) is 5.59. The molecule has 0 radical (unpaired) electrons. The van der Waals surface area contributed by atoms with E-state index in [0.29, 0.717) is 0 Å². The molecular weight excluding hydrogens is 299 g/mol. The molecule has 0 heterocycles. The maximum absolute atomic E-state index is 12.0. The fourth-order valence-electron chi connectivity index (χ4n) is 2.31. The Kier molecular flexibility index (Phi) is 8.62. The molecule has 22 heavy (non-hydrogen) atoms. The van der Waals surface area contributed by atoms with Gasteiger partial charge in [-0.2, -0.15) is 0 Å². The topological polar surface area (TPSA) is 52.6 Å². The highest BCUT2D eigenvalue weighted by Gasteiger charge is 2.27. The van der Waals surface area contributed by atoms with Crippen molar-refractivity contribution in [1.82, 2.24) is 0 Å². The lowest BCUT2D eigenvalue weighted by Gasteiger charge is -2.15. The fourth-order valence-corrected chi connectivity index (χ4v) is 3.41. The zero-order valence-corrected chi connectivity index (χ0v) is 14.7. The summed E-state index contributed by atoms with van der Waals surface area (Å²) >= 11 is 0. The van der Waals surface area contributed by atoms with Crippen molar-refractivity contribution in [3.8, 4) is 0 Å². The van der Waals surface area contributed by atoms with Crippen LogP contribution in [-0.4, -0.2) is 26.2 Å². The van der Waals surface area contributed by atoms with Gasteiger partial charge in [-0.3, -0.25) is 9.36 Å². The van der Waals surface area contributed by atoms with Gasteiger partial charge in [0.2, 0.25) is 0 Å². The molecule has 0 aliphatic carbocycles. The first-order chi connectivity index (χ1) is 10.5. The Bertz CT molecular complexity index is 479. The van der Waals surface area contributed by atoms with Crippen LogP contribution in [0.5, 0.6) is 0 Å². The van der Waals surface area contributed by atoms with E-state index in [1.807, 2.05) is 13.0 Å². The van der Waals surface area contributed by atoms with Gasteiger partial charge in [-0.1, -0.05) is 50.1 Å². The maximum Gasteiger partial charge on any atom is 0.337 e. The van der Waals surface area contributed by atoms with Crippen LogP contribution in [0.4, 0.5) is 0 Å². The highest BCUT2D eigenvalue weighted by Crippen LogP contribution is 2.46. The second-order valence-corrected chi connectivity index (χ2v) is 7.85. The van der Waals surface area contributed by atoms with Crippen molar-refractivity contribution < 1.29 is 18.4 Å². The summed E-state index contributed by atoms with van der Waals surface area (Å²) in [5, 5.41) is 0. The molecule has 0 N–H and O–H groups in total. The van der Waals surface area contributed by atoms with Gasteiger partial charge >= 0.3 is 7.60 Å². The van der Waals surface area contributed by atoms with Gasteiger partial charge in [-0.15, -0.1) is 0 Å². The number of rotatable bonds is 11. The summed E-state index contributed by atoms with van der Waals surface area (Å²) in [6.07, 6.45) is 4.99. The van der Waals surface area contributed by atoms with E-state index >= 15 is 0 Å². The predicted molar refractivity (Wildman–Crippen MR) is 89.3 cm³/mol. The molecule has 4 nitrogen and oxygen atoms in total. The molecule has 0 bridgehead atoms. The lowest BCUT2D eigenvalue weighted by Crippen LogP contribution is -2.16. The van der Waals surface area contributed by atoms with Gasteiger partial charge in [0.15, 0.2) is 0 Å². The van der Waals surface area contributed by atoms with Crippen LogP contribution in [0.3, 0.4) is 0 Å². The minimum atomic E-state index is -3.23. The lowest BCUT2D eigenvalue weighted by atomic mass is 9.98. The molecule has 124 valence electrons. The van der Waals surface area contributed by atoms with E-state index < -0.39 is 7.60 Å². The fraction of sp³-hybridized carbons (Fsp3) is 0.588. The van der Waals surface area contributed by atoms with Crippen LogP contribution in [0.25, 0.3) is 0 Å². The molecule has 1 unspecified atom stereocenters. The van der Waals surface area contributed by atoms with Crippen LogP contribution in [0.15, 0.2) is 30.3 Å². The number of hydrogen-bond donors (Lipinski definition) is 0. The molecule has 1 aromatic rings. The molecule has 0 spiro atoms. The van der Waals surface area contributed by atoms with E-state index in [4.69, 9.17) is 9.05 Å². The van der Waals surface area contributed by atoms with E-state index in [1.165, 1.54) is 19.8 Å². The number of unbranched alkanes of at least 4 members (excludes halogenated alkanes) is 2. The monoisotopic (exact) mass is 326 g/mol. The Morgan fingerprint density at radius 3 is 2.32 bits per heavy atom. The van der Waals surface area contributed by atoms with Crippen LogP contribution in [0.2, 0.25) is 0 Å². The van der Waals surface area contributed by atoms with Gasteiger partial charge in [0.05, 0.1) is 0 Å².